The maximum atomic E-state index is 5.99. The lowest BCUT2D eigenvalue weighted by molar-refractivity contribution is 1.27. The van der Waals surface area contributed by atoms with Gasteiger partial charge in [0, 0.05) is 16.8 Å². The molecule has 0 bridgehead atoms. The zero-order valence-corrected chi connectivity index (χ0v) is 11.5. The van der Waals surface area contributed by atoms with Crippen LogP contribution in [0.3, 0.4) is 0 Å². The number of rotatable bonds is 1. The van der Waals surface area contributed by atoms with Crippen molar-refractivity contribution in [3.8, 4) is 11.1 Å². The highest BCUT2D eigenvalue weighted by atomic mass is 35.5. The fraction of sp³-hybridized carbons (Fsp3) is 0. The summed E-state index contributed by atoms with van der Waals surface area (Å²) in [6, 6.07) is 22.9. The van der Waals surface area contributed by atoms with E-state index in [0.717, 1.165) is 5.02 Å². The zero-order chi connectivity index (χ0) is 13.5. The van der Waals surface area contributed by atoms with Crippen LogP contribution in [0, 0.1) is 0 Å². The molecule has 0 spiro atoms. The van der Waals surface area contributed by atoms with E-state index in [1.54, 1.807) is 0 Å². The van der Waals surface area contributed by atoms with Crippen molar-refractivity contribution < 1.29 is 0 Å². The molecule has 2 aromatic carbocycles. The average molecular weight is 278 g/mol. The second kappa shape index (κ2) is 4.39. The highest BCUT2D eigenvalue weighted by Crippen LogP contribution is 2.30. The number of aromatic nitrogens is 1. The quantitative estimate of drug-likeness (QED) is 0.438. The smallest absolute Gasteiger partial charge is 0.0534 e. The Kier molecular flexibility index (Phi) is 2.54. The maximum absolute atomic E-state index is 5.99. The lowest BCUT2D eigenvalue weighted by Crippen LogP contribution is -1.89. The molecule has 2 aromatic heterocycles. The Morgan fingerprint density at radius 3 is 2.35 bits per heavy atom. The van der Waals surface area contributed by atoms with Crippen LogP contribution in [-0.4, -0.2) is 4.40 Å². The van der Waals surface area contributed by atoms with Gasteiger partial charge in [-0.15, -0.1) is 0 Å². The molecule has 0 atom stereocenters. The monoisotopic (exact) mass is 277 g/mol. The predicted molar refractivity (Wildman–Crippen MR) is 85.3 cm³/mol. The minimum absolute atomic E-state index is 0.765. The Hall–Kier alpha value is -2.25. The first kappa shape index (κ1) is 11.6. The van der Waals surface area contributed by atoms with Crippen LogP contribution in [0.15, 0.2) is 72.9 Å². The molecule has 0 aliphatic heterocycles. The molecule has 4 rings (SSSR count). The maximum Gasteiger partial charge on any atom is 0.0534 e. The summed E-state index contributed by atoms with van der Waals surface area (Å²) in [4.78, 5) is 0. The first-order valence-electron chi connectivity index (χ1n) is 6.58. The van der Waals surface area contributed by atoms with Crippen LogP contribution >= 0.6 is 11.6 Å². The van der Waals surface area contributed by atoms with Gasteiger partial charge in [-0.2, -0.15) is 0 Å². The summed E-state index contributed by atoms with van der Waals surface area (Å²) in [5.41, 5.74) is 4.85. The van der Waals surface area contributed by atoms with Crippen LogP contribution in [0.25, 0.3) is 27.5 Å². The Bertz CT molecular complexity index is 904. The van der Waals surface area contributed by atoms with Crippen molar-refractivity contribution >= 4 is 28.0 Å². The number of nitrogens with zero attached hydrogens (tertiary/aromatic N) is 1. The zero-order valence-electron chi connectivity index (χ0n) is 10.8. The lowest BCUT2D eigenvalue weighted by Gasteiger charge is -2.09. The van der Waals surface area contributed by atoms with Gasteiger partial charge in [-0.25, -0.2) is 0 Å². The SMILES string of the molecule is Clc1ccc(-c2cc3ccccc3n3cccc23)cc1. The molecule has 0 radical (unpaired) electrons. The predicted octanol–water partition coefficient (Wildman–Crippen LogP) is 5.41. The largest absolute Gasteiger partial charge is 0.316 e. The van der Waals surface area contributed by atoms with Crippen LogP contribution in [0.1, 0.15) is 0 Å². The number of halogens is 1. The van der Waals surface area contributed by atoms with Crippen LogP contribution in [0.5, 0.6) is 0 Å². The summed E-state index contributed by atoms with van der Waals surface area (Å²) in [6.45, 7) is 0. The molecule has 2 heteroatoms. The summed E-state index contributed by atoms with van der Waals surface area (Å²) >= 11 is 5.99. The molecule has 4 aromatic rings. The minimum Gasteiger partial charge on any atom is -0.316 e. The highest BCUT2D eigenvalue weighted by molar-refractivity contribution is 6.30. The van der Waals surface area contributed by atoms with Gasteiger partial charge in [0.15, 0.2) is 0 Å². The molecular formula is C18H12ClN. The molecule has 0 N–H and O–H groups in total. The summed E-state index contributed by atoms with van der Waals surface area (Å²) in [7, 11) is 0. The Labute approximate surface area is 122 Å². The van der Waals surface area contributed by atoms with E-state index in [2.05, 4.69) is 65.2 Å². The number of para-hydroxylation sites is 1. The van der Waals surface area contributed by atoms with Crippen molar-refractivity contribution in [3.05, 3.63) is 77.9 Å². The third kappa shape index (κ3) is 1.71. The van der Waals surface area contributed by atoms with Crippen LogP contribution in [0.2, 0.25) is 5.02 Å². The van der Waals surface area contributed by atoms with Crippen LogP contribution < -0.4 is 0 Å². The highest BCUT2D eigenvalue weighted by Gasteiger charge is 2.07. The molecule has 0 saturated carbocycles. The Balaban J connectivity index is 2.11. The Morgan fingerprint density at radius 1 is 0.750 bits per heavy atom. The number of hydrogen-bond acceptors (Lipinski definition) is 0. The van der Waals surface area contributed by atoms with E-state index < -0.39 is 0 Å². The molecule has 20 heavy (non-hydrogen) atoms. The average Bonchev–Trinajstić information content (AvgIpc) is 2.97. The second-order valence-electron chi connectivity index (χ2n) is 4.89. The van der Waals surface area contributed by atoms with Gasteiger partial charge in [0.05, 0.1) is 11.0 Å². The third-order valence-electron chi connectivity index (χ3n) is 3.68. The summed E-state index contributed by atoms with van der Waals surface area (Å²) in [5, 5.41) is 2.00. The van der Waals surface area contributed by atoms with Gasteiger partial charge in [0.25, 0.3) is 0 Å². The molecule has 1 nitrogen and oxygen atoms in total. The summed E-state index contributed by atoms with van der Waals surface area (Å²) < 4.78 is 2.24. The fourth-order valence-electron chi connectivity index (χ4n) is 2.73. The van der Waals surface area contributed by atoms with E-state index in [-0.39, 0.29) is 0 Å². The molecule has 0 fully saturated rings. The van der Waals surface area contributed by atoms with Crippen molar-refractivity contribution in [1.29, 1.82) is 0 Å². The molecule has 96 valence electrons. The van der Waals surface area contributed by atoms with Crippen LogP contribution in [-0.2, 0) is 0 Å². The molecule has 0 saturated heterocycles. The molecule has 0 amide bonds. The van der Waals surface area contributed by atoms with Crippen molar-refractivity contribution in [2.75, 3.05) is 0 Å². The van der Waals surface area contributed by atoms with Gasteiger partial charge >= 0.3 is 0 Å². The first-order chi connectivity index (χ1) is 9.83. The van der Waals surface area contributed by atoms with Crippen molar-refractivity contribution in [1.82, 2.24) is 4.40 Å². The van der Waals surface area contributed by atoms with Crippen molar-refractivity contribution in [3.63, 3.8) is 0 Å². The first-order valence-corrected chi connectivity index (χ1v) is 6.95. The normalized spacial score (nSPS) is 11.2. The van der Waals surface area contributed by atoms with Crippen LogP contribution in [0.4, 0.5) is 0 Å². The van der Waals surface area contributed by atoms with E-state index in [9.17, 15) is 0 Å². The molecular weight excluding hydrogens is 266 g/mol. The fourth-order valence-corrected chi connectivity index (χ4v) is 2.86. The van der Waals surface area contributed by atoms with Crippen molar-refractivity contribution in [2.24, 2.45) is 0 Å². The van der Waals surface area contributed by atoms with E-state index in [1.165, 1.54) is 27.5 Å². The number of pyridine rings is 1. The minimum atomic E-state index is 0.765. The molecule has 0 unspecified atom stereocenters. The molecule has 2 heterocycles. The summed E-state index contributed by atoms with van der Waals surface area (Å²) in [6.07, 6.45) is 2.11. The van der Waals surface area contributed by atoms with Gasteiger partial charge in [0.2, 0.25) is 0 Å². The van der Waals surface area contributed by atoms with Gasteiger partial charge in [-0.1, -0.05) is 41.9 Å². The number of fused-ring (bicyclic) bond motifs is 3. The van der Waals surface area contributed by atoms with Crippen molar-refractivity contribution in [2.45, 2.75) is 0 Å². The molecule has 0 aliphatic carbocycles. The van der Waals surface area contributed by atoms with Gasteiger partial charge < -0.3 is 4.40 Å². The Morgan fingerprint density at radius 2 is 1.50 bits per heavy atom. The standard InChI is InChI=1S/C18H12ClN/c19-15-9-7-13(8-10-15)16-12-14-4-1-2-5-17(14)20-11-3-6-18(16)20/h1-12H. The summed E-state index contributed by atoms with van der Waals surface area (Å²) in [5.74, 6) is 0. The lowest BCUT2D eigenvalue weighted by atomic mass is 10.0. The topological polar surface area (TPSA) is 4.41 Å². The van der Waals surface area contributed by atoms with E-state index in [1.807, 2.05) is 12.1 Å². The van der Waals surface area contributed by atoms with E-state index in [0.29, 0.717) is 0 Å². The van der Waals surface area contributed by atoms with Gasteiger partial charge in [0.1, 0.15) is 0 Å². The van der Waals surface area contributed by atoms with E-state index >= 15 is 0 Å². The molecule has 0 aliphatic rings. The second-order valence-corrected chi connectivity index (χ2v) is 5.32. The van der Waals surface area contributed by atoms with E-state index in [4.69, 9.17) is 11.6 Å². The third-order valence-corrected chi connectivity index (χ3v) is 3.93. The number of hydrogen-bond donors (Lipinski definition) is 0. The van der Waals surface area contributed by atoms with Gasteiger partial charge in [-0.05, 0) is 47.3 Å². The van der Waals surface area contributed by atoms with Gasteiger partial charge in [-0.3, -0.25) is 0 Å². The number of benzene rings is 2.